The first-order valence-corrected chi connectivity index (χ1v) is 4.79. The molecule has 0 saturated heterocycles. The summed E-state index contributed by atoms with van der Waals surface area (Å²) in [5, 5.41) is 10.6. The molecule has 0 aromatic heterocycles. The van der Waals surface area contributed by atoms with Crippen LogP contribution < -0.4 is 0 Å². The summed E-state index contributed by atoms with van der Waals surface area (Å²) < 4.78 is 0. The molecule has 0 N–H and O–H groups in total. The Morgan fingerprint density at radius 1 is 1.47 bits per heavy atom. The van der Waals surface area contributed by atoms with Crippen molar-refractivity contribution in [2.24, 2.45) is 0 Å². The minimum Gasteiger partial charge on any atom is -0.367 e. The summed E-state index contributed by atoms with van der Waals surface area (Å²) in [5.41, 5.74) is 2.10. The van der Waals surface area contributed by atoms with Crippen LogP contribution in [0.4, 0.5) is 0 Å². The van der Waals surface area contributed by atoms with Crippen LogP contribution in [0.1, 0.15) is 17.2 Å². The molecule has 0 spiro atoms. The number of hydrogen-bond acceptors (Lipinski definition) is 3. The first-order valence-electron chi connectivity index (χ1n) is 4.79. The number of benzene rings is 1. The molecule has 4 heteroatoms. The van der Waals surface area contributed by atoms with Crippen LogP contribution in [-0.2, 0) is 0 Å². The van der Waals surface area contributed by atoms with Crippen molar-refractivity contribution in [1.82, 2.24) is 4.90 Å². The van der Waals surface area contributed by atoms with Crippen LogP contribution in [0.3, 0.4) is 0 Å². The van der Waals surface area contributed by atoms with Crippen LogP contribution in [-0.4, -0.2) is 23.4 Å². The van der Waals surface area contributed by atoms with Crippen molar-refractivity contribution in [1.29, 1.82) is 0 Å². The quantitative estimate of drug-likeness (QED) is 0.546. The third kappa shape index (κ3) is 1.83. The van der Waals surface area contributed by atoms with Crippen molar-refractivity contribution in [3.05, 3.63) is 51.7 Å². The van der Waals surface area contributed by atoms with Gasteiger partial charge in [-0.15, -0.1) is 0 Å². The Bertz CT molecular complexity index is 415. The Labute approximate surface area is 88.0 Å². The zero-order valence-corrected chi connectivity index (χ0v) is 8.46. The zero-order valence-electron chi connectivity index (χ0n) is 8.46. The summed E-state index contributed by atoms with van der Waals surface area (Å²) in [6, 6.07) is 7.63. The van der Waals surface area contributed by atoms with Gasteiger partial charge in [-0.25, -0.2) is 0 Å². The van der Waals surface area contributed by atoms with Gasteiger partial charge in [0.25, 0.3) is 0 Å². The lowest BCUT2D eigenvalue weighted by molar-refractivity contribution is -0.487. The van der Waals surface area contributed by atoms with Crippen molar-refractivity contribution in [3.63, 3.8) is 0 Å². The number of fused-ring (bicyclic) bond motifs is 1. The fraction of sp³-hybridized carbons (Fsp3) is 0.273. The molecule has 0 radical (unpaired) electrons. The second kappa shape index (κ2) is 3.73. The van der Waals surface area contributed by atoms with Crippen LogP contribution in [0, 0.1) is 10.1 Å². The molecule has 78 valence electrons. The average molecular weight is 204 g/mol. The molecule has 1 aliphatic heterocycles. The maximum absolute atomic E-state index is 10.6. The van der Waals surface area contributed by atoms with Crippen LogP contribution >= 0.6 is 0 Å². The number of nitro groups is 1. The molecule has 0 unspecified atom stereocenters. The Morgan fingerprint density at radius 3 is 2.93 bits per heavy atom. The van der Waals surface area contributed by atoms with Gasteiger partial charge in [-0.1, -0.05) is 24.3 Å². The first kappa shape index (κ1) is 9.71. The number of rotatable bonds is 2. The summed E-state index contributed by atoms with van der Waals surface area (Å²) in [6.45, 7) is -0.0577. The van der Waals surface area contributed by atoms with E-state index in [2.05, 4.69) is 0 Å². The Balaban J connectivity index is 2.38. The van der Waals surface area contributed by atoms with Crippen molar-refractivity contribution < 1.29 is 4.92 Å². The largest absolute Gasteiger partial charge is 0.367 e. The normalized spacial score (nSPS) is 18.7. The topological polar surface area (TPSA) is 46.4 Å². The van der Waals surface area contributed by atoms with Crippen LogP contribution in [0.25, 0.3) is 6.08 Å². The Morgan fingerprint density at radius 2 is 2.20 bits per heavy atom. The van der Waals surface area contributed by atoms with Crippen molar-refractivity contribution >= 4 is 6.08 Å². The predicted octanol–water partition coefficient (Wildman–Crippen LogP) is 1.92. The van der Waals surface area contributed by atoms with Gasteiger partial charge in [-0.3, -0.25) is 10.1 Å². The van der Waals surface area contributed by atoms with Crippen molar-refractivity contribution in [2.45, 2.75) is 6.04 Å². The number of nitrogens with zero attached hydrogens (tertiary/aromatic N) is 2. The van der Waals surface area contributed by atoms with E-state index in [-0.39, 0.29) is 17.5 Å². The number of hydrogen-bond donors (Lipinski definition) is 0. The van der Waals surface area contributed by atoms with E-state index >= 15 is 0 Å². The Hall–Kier alpha value is -1.84. The van der Waals surface area contributed by atoms with Gasteiger partial charge in [-0.2, -0.15) is 0 Å². The molecule has 1 heterocycles. The maximum Gasteiger partial charge on any atom is 0.228 e. The van der Waals surface area contributed by atoms with Crippen LogP contribution in [0.2, 0.25) is 0 Å². The maximum atomic E-state index is 10.6. The van der Waals surface area contributed by atoms with Gasteiger partial charge in [-0.05, 0) is 17.2 Å². The van der Waals surface area contributed by atoms with Gasteiger partial charge in [0.15, 0.2) is 0 Å². The molecule has 15 heavy (non-hydrogen) atoms. The average Bonchev–Trinajstić information content (AvgIpc) is 2.22. The number of likely N-dealkylation sites (N-methyl/N-ethyl adjacent to an activating group) is 1. The monoisotopic (exact) mass is 204 g/mol. The summed E-state index contributed by atoms with van der Waals surface area (Å²) in [5.74, 6) is 0. The SMILES string of the molecule is CN1C=Cc2ccccc2[C@@H]1C[N+](=O)[O-]. The van der Waals surface area contributed by atoms with Crippen LogP contribution in [0.5, 0.6) is 0 Å². The predicted molar refractivity (Wildman–Crippen MR) is 57.8 cm³/mol. The van der Waals surface area contributed by atoms with Gasteiger partial charge in [0.1, 0.15) is 6.04 Å². The second-order valence-electron chi connectivity index (χ2n) is 3.64. The summed E-state index contributed by atoms with van der Waals surface area (Å²) in [4.78, 5) is 12.2. The molecule has 1 aromatic rings. The van der Waals surface area contributed by atoms with Gasteiger partial charge in [0.05, 0.1) is 0 Å². The highest BCUT2D eigenvalue weighted by molar-refractivity contribution is 5.56. The van der Waals surface area contributed by atoms with Gasteiger partial charge >= 0.3 is 0 Å². The van der Waals surface area contributed by atoms with E-state index in [0.717, 1.165) is 11.1 Å². The molecule has 1 aliphatic rings. The molecule has 0 saturated carbocycles. The molecule has 0 bridgehead atoms. The Kier molecular flexibility index (Phi) is 2.41. The molecular weight excluding hydrogens is 192 g/mol. The molecule has 2 rings (SSSR count). The van der Waals surface area contributed by atoms with E-state index < -0.39 is 0 Å². The molecular formula is C11H12N2O2. The third-order valence-corrected chi connectivity index (χ3v) is 2.66. The van der Waals surface area contributed by atoms with E-state index in [1.807, 2.05) is 48.5 Å². The summed E-state index contributed by atoms with van der Waals surface area (Å²) in [7, 11) is 1.86. The van der Waals surface area contributed by atoms with Gasteiger partial charge in [0, 0.05) is 18.2 Å². The van der Waals surface area contributed by atoms with E-state index in [1.54, 1.807) is 0 Å². The van der Waals surface area contributed by atoms with Gasteiger partial charge < -0.3 is 4.90 Å². The highest BCUT2D eigenvalue weighted by Crippen LogP contribution is 2.28. The second-order valence-corrected chi connectivity index (χ2v) is 3.64. The third-order valence-electron chi connectivity index (χ3n) is 2.66. The lowest BCUT2D eigenvalue weighted by Crippen LogP contribution is -2.28. The molecule has 1 aromatic carbocycles. The van der Waals surface area contributed by atoms with E-state index in [9.17, 15) is 10.1 Å². The zero-order chi connectivity index (χ0) is 10.8. The lowest BCUT2D eigenvalue weighted by Gasteiger charge is -2.28. The highest BCUT2D eigenvalue weighted by Gasteiger charge is 2.24. The minimum absolute atomic E-state index is 0.0577. The fourth-order valence-corrected chi connectivity index (χ4v) is 1.86. The summed E-state index contributed by atoms with van der Waals surface area (Å²) in [6.07, 6.45) is 3.86. The fourth-order valence-electron chi connectivity index (χ4n) is 1.86. The standard InChI is InChI=1S/C11H12N2O2/c1-12-7-6-9-4-2-3-5-10(9)11(12)8-13(14)15/h2-7,11H,8H2,1H3/t11-/m0/s1. The minimum atomic E-state index is -0.267. The lowest BCUT2D eigenvalue weighted by atomic mass is 9.97. The van der Waals surface area contributed by atoms with Crippen LogP contribution in [0.15, 0.2) is 30.5 Å². The molecule has 0 fully saturated rings. The van der Waals surface area contributed by atoms with Gasteiger partial charge in [0.2, 0.25) is 6.54 Å². The molecule has 0 amide bonds. The smallest absolute Gasteiger partial charge is 0.228 e. The van der Waals surface area contributed by atoms with Crippen molar-refractivity contribution in [2.75, 3.05) is 13.6 Å². The molecule has 1 atom stereocenters. The van der Waals surface area contributed by atoms with E-state index in [4.69, 9.17) is 0 Å². The summed E-state index contributed by atoms with van der Waals surface area (Å²) >= 11 is 0. The highest BCUT2D eigenvalue weighted by atomic mass is 16.6. The van der Waals surface area contributed by atoms with E-state index in [0.29, 0.717) is 0 Å². The molecule has 4 nitrogen and oxygen atoms in total. The molecule has 0 aliphatic carbocycles. The van der Waals surface area contributed by atoms with E-state index in [1.165, 1.54) is 0 Å². The van der Waals surface area contributed by atoms with Crippen molar-refractivity contribution in [3.8, 4) is 0 Å². The first-order chi connectivity index (χ1) is 7.18.